The van der Waals surface area contributed by atoms with Gasteiger partial charge in [-0.15, -0.1) is 0 Å². The Morgan fingerprint density at radius 2 is 1.74 bits per heavy atom. The molecule has 1 unspecified atom stereocenters. The van der Waals surface area contributed by atoms with Crippen molar-refractivity contribution in [2.75, 3.05) is 19.0 Å². The summed E-state index contributed by atoms with van der Waals surface area (Å²) in [6.07, 6.45) is 4.87. The number of hydrogen-bond acceptors (Lipinski definition) is 4. The Kier molecular flexibility index (Phi) is 7.45. The Morgan fingerprint density at radius 1 is 1.21 bits per heavy atom. The number of rotatable bonds is 8. The van der Waals surface area contributed by atoms with Crippen molar-refractivity contribution < 1.29 is 9.09 Å². The maximum atomic E-state index is 12.4. The van der Waals surface area contributed by atoms with Gasteiger partial charge in [-0.2, -0.15) is 0 Å². The summed E-state index contributed by atoms with van der Waals surface area (Å²) in [5.41, 5.74) is 0. The highest BCUT2D eigenvalue weighted by Crippen LogP contribution is 2.58. The molecule has 0 heterocycles. The van der Waals surface area contributed by atoms with Crippen LogP contribution in [0.5, 0.6) is 0 Å². The van der Waals surface area contributed by atoms with Crippen LogP contribution in [0.3, 0.4) is 0 Å². The lowest BCUT2D eigenvalue weighted by molar-refractivity contribution is 0.187. The summed E-state index contributed by atoms with van der Waals surface area (Å²) in [7, 11) is 0. The van der Waals surface area contributed by atoms with E-state index in [4.69, 9.17) is 4.52 Å². The largest absolute Gasteiger partial charge is 0.318 e. The Balaban J connectivity index is 2.31. The fourth-order valence-corrected chi connectivity index (χ4v) is 5.94. The minimum absolute atomic E-state index is 0.245. The summed E-state index contributed by atoms with van der Waals surface area (Å²) in [6.45, 7) is 9.15. The van der Waals surface area contributed by atoms with Crippen molar-refractivity contribution in [1.29, 1.82) is 0 Å². The maximum absolute atomic E-state index is 12.4. The molecule has 0 aromatic rings. The van der Waals surface area contributed by atoms with Crippen LogP contribution in [-0.4, -0.2) is 42.0 Å². The van der Waals surface area contributed by atoms with Crippen LogP contribution in [0, 0.1) is 0 Å². The van der Waals surface area contributed by atoms with Crippen LogP contribution >= 0.6 is 18.0 Å². The molecule has 0 radical (unpaired) electrons. The third kappa shape index (κ3) is 6.66. The quantitative estimate of drug-likeness (QED) is 0.612. The predicted octanol–water partition coefficient (Wildman–Crippen LogP) is 4.62. The van der Waals surface area contributed by atoms with Crippen LogP contribution in [0.25, 0.3) is 0 Å². The highest BCUT2D eigenvalue weighted by atomic mass is 32.7. The molecule has 0 bridgehead atoms. The van der Waals surface area contributed by atoms with Gasteiger partial charge in [0.1, 0.15) is 0 Å². The minimum atomic E-state index is -2.47. The molecular weight excluding hydrogens is 277 g/mol. The van der Waals surface area contributed by atoms with E-state index in [0.717, 1.165) is 25.1 Å². The standard InChI is InChI=1S/C14H30NO2PS/c1-12(2)15(13(3)4)10-11-19-18(5,16)17-14-8-6-7-9-14/h12-14H,6-11H2,1-5H3. The second kappa shape index (κ2) is 8.07. The van der Waals surface area contributed by atoms with Crippen molar-refractivity contribution in [3.8, 4) is 0 Å². The van der Waals surface area contributed by atoms with Crippen molar-refractivity contribution in [3.63, 3.8) is 0 Å². The van der Waals surface area contributed by atoms with Gasteiger partial charge in [0, 0.05) is 31.0 Å². The molecule has 1 aliphatic rings. The smallest absolute Gasteiger partial charge is 0.255 e. The highest BCUT2D eigenvalue weighted by Gasteiger charge is 2.25. The topological polar surface area (TPSA) is 29.5 Å². The van der Waals surface area contributed by atoms with Gasteiger partial charge >= 0.3 is 0 Å². The van der Waals surface area contributed by atoms with Crippen LogP contribution < -0.4 is 0 Å². The monoisotopic (exact) mass is 307 g/mol. The molecule has 3 nitrogen and oxygen atoms in total. The lowest BCUT2D eigenvalue weighted by Gasteiger charge is -2.30. The molecule has 1 fully saturated rings. The van der Waals surface area contributed by atoms with Gasteiger partial charge in [-0.05, 0) is 40.5 Å². The maximum Gasteiger partial charge on any atom is 0.255 e. The third-order valence-corrected chi connectivity index (χ3v) is 7.37. The molecule has 0 aromatic carbocycles. The zero-order valence-electron chi connectivity index (χ0n) is 13.1. The van der Waals surface area contributed by atoms with Crippen molar-refractivity contribution in [2.24, 2.45) is 0 Å². The zero-order valence-corrected chi connectivity index (χ0v) is 14.8. The predicted molar refractivity (Wildman–Crippen MR) is 86.3 cm³/mol. The molecule has 5 heteroatoms. The fraction of sp³-hybridized carbons (Fsp3) is 1.00. The lowest BCUT2D eigenvalue weighted by atomic mass is 10.2. The fourth-order valence-electron chi connectivity index (χ4n) is 2.72. The molecule has 0 spiro atoms. The highest BCUT2D eigenvalue weighted by molar-refractivity contribution is 8.56. The van der Waals surface area contributed by atoms with Gasteiger partial charge in [0.2, 0.25) is 0 Å². The summed E-state index contributed by atoms with van der Waals surface area (Å²) in [5.74, 6) is 0.886. The molecule has 1 atom stereocenters. The van der Waals surface area contributed by atoms with E-state index >= 15 is 0 Å². The molecule has 0 N–H and O–H groups in total. The van der Waals surface area contributed by atoms with Crippen molar-refractivity contribution in [2.45, 2.75) is 71.6 Å². The summed E-state index contributed by atoms with van der Waals surface area (Å²) in [5, 5.41) is 0. The van der Waals surface area contributed by atoms with Gasteiger partial charge in [0.05, 0.1) is 6.10 Å². The van der Waals surface area contributed by atoms with Crippen LogP contribution in [0.1, 0.15) is 53.4 Å². The van der Waals surface area contributed by atoms with Crippen molar-refractivity contribution >= 4 is 18.0 Å². The van der Waals surface area contributed by atoms with E-state index in [0.29, 0.717) is 12.1 Å². The van der Waals surface area contributed by atoms with E-state index < -0.39 is 6.57 Å². The van der Waals surface area contributed by atoms with Gasteiger partial charge in [-0.3, -0.25) is 9.46 Å². The second-order valence-electron chi connectivity index (χ2n) is 6.04. The van der Waals surface area contributed by atoms with E-state index in [1.165, 1.54) is 24.2 Å². The van der Waals surface area contributed by atoms with Gasteiger partial charge in [0.15, 0.2) is 0 Å². The Bertz CT molecular complexity index is 296. The minimum Gasteiger partial charge on any atom is -0.318 e. The molecule has 0 aliphatic heterocycles. The summed E-state index contributed by atoms with van der Waals surface area (Å²) in [4.78, 5) is 2.43. The van der Waals surface area contributed by atoms with Gasteiger partial charge < -0.3 is 4.52 Å². The van der Waals surface area contributed by atoms with Crippen LogP contribution in [0.2, 0.25) is 0 Å². The average Bonchev–Trinajstić information content (AvgIpc) is 2.75. The Hall–Kier alpha value is 0.500. The van der Waals surface area contributed by atoms with E-state index in [1.807, 2.05) is 0 Å². The first-order valence-corrected chi connectivity index (χ1v) is 11.1. The molecule has 0 saturated heterocycles. The van der Waals surface area contributed by atoms with Crippen LogP contribution in [0.15, 0.2) is 0 Å². The normalized spacial score (nSPS) is 20.6. The lowest BCUT2D eigenvalue weighted by Crippen LogP contribution is -2.38. The van der Waals surface area contributed by atoms with Crippen LogP contribution in [-0.2, 0) is 9.09 Å². The zero-order chi connectivity index (χ0) is 14.5. The van der Waals surface area contributed by atoms with Crippen molar-refractivity contribution in [1.82, 2.24) is 4.90 Å². The average molecular weight is 307 g/mol. The SMILES string of the molecule is CC(C)N(CCSP(C)(=O)OC1CCCC1)C(C)C. The summed E-state index contributed by atoms with van der Waals surface area (Å²) in [6, 6.07) is 1.07. The number of nitrogens with zero attached hydrogens (tertiary/aromatic N) is 1. The molecule has 114 valence electrons. The number of hydrogen-bond donors (Lipinski definition) is 0. The molecule has 0 amide bonds. The van der Waals surface area contributed by atoms with E-state index in [-0.39, 0.29) is 6.10 Å². The first-order chi connectivity index (χ1) is 8.82. The molecule has 1 aliphatic carbocycles. The molecule has 19 heavy (non-hydrogen) atoms. The first kappa shape index (κ1) is 17.6. The van der Waals surface area contributed by atoms with Crippen LogP contribution in [0.4, 0.5) is 0 Å². The molecule has 0 aromatic heterocycles. The Morgan fingerprint density at radius 3 is 2.21 bits per heavy atom. The molecular formula is C14H30NO2PS. The third-order valence-electron chi connectivity index (χ3n) is 3.64. The van der Waals surface area contributed by atoms with E-state index in [2.05, 4.69) is 32.6 Å². The van der Waals surface area contributed by atoms with Crippen molar-refractivity contribution in [3.05, 3.63) is 0 Å². The second-order valence-corrected chi connectivity index (χ2v) is 11.2. The van der Waals surface area contributed by atoms with Gasteiger partial charge in [-0.1, -0.05) is 24.2 Å². The summed E-state index contributed by atoms with van der Waals surface area (Å²) >= 11 is 1.52. The molecule has 1 saturated carbocycles. The van der Waals surface area contributed by atoms with Gasteiger partial charge in [-0.25, -0.2) is 0 Å². The van der Waals surface area contributed by atoms with Gasteiger partial charge in [0.25, 0.3) is 6.57 Å². The van der Waals surface area contributed by atoms with E-state index in [1.54, 1.807) is 6.66 Å². The summed E-state index contributed by atoms with van der Waals surface area (Å²) < 4.78 is 18.2. The van der Waals surface area contributed by atoms with E-state index in [9.17, 15) is 4.57 Å². The first-order valence-electron chi connectivity index (χ1n) is 7.48. The molecule has 1 rings (SSSR count). The Labute approximate surface area is 123 Å².